The average molecular weight is 334 g/mol. The summed E-state index contributed by atoms with van der Waals surface area (Å²) in [7, 11) is 0. The molecule has 5 nitrogen and oxygen atoms in total. The van der Waals surface area contributed by atoms with Crippen molar-refractivity contribution in [3.05, 3.63) is 84.1 Å². The molecule has 25 heavy (non-hydrogen) atoms. The fraction of sp³-hybridized carbons (Fsp3) is 0.0526. The normalized spacial score (nSPS) is 10.9. The van der Waals surface area contributed by atoms with E-state index >= 15 is 0 Å². The van der Waals surface area contributed by atoms with E-state index in [9.17, 15) is 9.18 Å². The van der Waals surface area contributed by atoms with Crippen molar-refractivity contribution < 1.29 is 9.18 Å². The zero-order valence-corrected chi connectivity index (χ0v) is 13.2. The lowest BCUT2D eigenvalue weighted by atomic mass is 10.2. The number of para-hydroxylation sites is 1. The second-order valence-electron chi connectivity index (χ2n) is 5.73. The number of H-pyrrole nitrogens is 1. The predicted molar refractivity (Wildman–Crippen MR) is 93.0 cm³/mol. The Hall–Kier alpha value is -3.41. The first-order chi connectivity index (χ1) is 12.2. The highest BCUT2D eigenvalue weighted by Crippen LogP contribution is 2.16. The second-order valence-corrected chi connectivity index (χ2v) is 5.73. The van der Waals surface area contributed by atoms with Crippen LogP contribution in [0, 0.1) is 5.82 Å². The van der Waals surface area contributed by atoms with Crippen molar-refractivity contribution in [1.29, 1.82) is 0 Å². The molecule has 2 aromatic heterocycles. The van der Waals surface area contributed by atoms with Gasteiger partial charge in [-0.3, -0.25) is 4.79 Å². The zero-order valence-electron chi connectivity index (χ0n) is 13.2. The smallest absolute Gasteiger partial charge is 0.267 e. The van der Waals surface area contributed by atoms with E-state index in [1.54, 1.807) is 23.0 Å². The fourth-order valence-corrected chi connectivity index (χ4v) is 2.68. The van der Waals surface area contributed by atoms with Crippen LogP contribution in [0.4, 0.5) is 4.39 Å². The summed E-state index contributed by atoms with van der Waals surface area (Å²) in [6.07, 6.45) is 3.59. The Labute approximate surface area is 143 Å². The molecule has 2 aromatic carbocycles. The van der Waals surface area contributed by atoms with E-state index in [0.29, 0.717) is 17.6 Å². The molecule has 0 spiro atoms. The van der Waals surface area contributed by atoms with Crippen molar-refractivity contribution in [1.82, 2.24) is 20.1 Å². The molecular formula is C19H15FN4O. The van der Waals surface area contributed by atoms with Crippen LogP contribution in [0.1, 0.15) is 16.1 Å². The van der Waals surface area contributed by atoms with Gasteiger partial charge in [0.2, 0.25) is 0 Å². The van der Waals surface area contributed by atoms with Gasteiger partial charge in [-0.2, -0.15) is 5.10 Å². The molecule has 0 atom stereocenters. The van der Waals surface area contributed by atoms with E-state index in [2.05, 4.69) is 15.4 Å². The van der Waals surface area contributed by atoms with Crippen LogP contribution in [0.25, 0.3) is 16.6 Å². The van der Waals surface area contributed by atoms with Crippen LogP contribution in [0.5, 0.6) is 0 Å². The molecule has 0 fully saturated rings. The van der Waals surface area contributed by atoms with Gasteiger partial charge in [-0.25, -0.2) is 9.07 Å². The van der Waals surface area contributed by atoms with Gasteiger partial charge in [-0.1, -0.05) is 18.2 Å². The van der Waals surface area contributed by atoms with Crippen LogP contribution in [-0.2, 0) is 6.54 Å². The molecule has 2 N–H and O–H groups in total. The maximum absolute atomic E-state index is 13.2. The van der Waals surface area contributed by atoms with E-state index in [4.69, 9.17) is 0 Å². The lowest BCUT2D eigenvalue weighted by Crippen LogP contribution is -2.22. The van der Waals surface area contributed by atoms with Crippen LogP contribution in [0.3, 0.4) is 0 Å². The van der Waals surface area contributed by atoms with E-state index in [0.717, 1.165) is 16.8 Å². The van der Waals surface area contributed by atoms with Crippen LogP contribution >= 0.6 is 0 Å². The molecular weight excluding hydrogens is 319 g/mol. The third-order valence-electron chi connectivity index (χ3n) is 3.94. The zero-order chi connectivity index (χ0) is 17.2. The third kappa shape index (κ3) is 3.14. The number of benzene rings is 2. The topological polar surface area (TPSA) is 62.7 Å². The van der Waals surface area contributed by atoms with Crippen molar-refractivity contribution in [3.63, 3.8) is 0 Å². The van der Waals surface area contributed by atoms with Gasteiger partial charge in [0.05, 0.1) is 11.9 Å². The maximum Gasteiger partial charge on any atom is 0.267 e. The number of nitrogens with one attached hydrogen (secondary N) is 2. The van der Waals surface area contributed by atoms with Crippen molar-refractivity contribution in [2.75, 3.05) is 0 Å². The molecule has 0 aliphatic heterocycles. The van der Waals surface area contributed by atoms with E-state index in [-0.39, 0.29) is 11.7 Å². The number of nitrogens with zero attached hydrogens (tertiary/aromatic N) is 2. The van der Waals surface area contributed by atoms with Crippen LogP contribution in [0.2, 0.25) is 0 Å². The minimum Gasteiger partial charge on any atom is -0.351 e. The largest absolute Gasteiger partial charge is 0.351 e. The number of aromatic amines is 1. The molecule has 124 valence electrons. The first-order valence-electron chi connectivity index (χ1n) is 7.84. The summed E-state index contributed by atoms with van der Waals surface area (Å²) >= 11 is 0. The van der Waals surface area contributed by atoms with Crippen molar-refractivity contribution in [2.24, 2.45) is 0 Å². The molecule has 0 radical (unpaired) electrons. The van der Waals surface area contributed by atoms with E-state index in [1.165, 1.54) is 12.1 Å². The highest BCUT2D eigenvalue weighted by atomic mass is 19.1. The Bertz CT molecular complexity index is 1040. The first-order valence-corrected chi connectivity index (χ1v) is 7.84. The number of fused-ring (bicyclic) bond motifs is 1. The van der Waals surface area contributed by atoms with Gasteiger partial charge in [0, 0.05) is 29.2 Å². The number of halogens is 1. The van der Waals surface area contributed by atoms with Gasteiger partial charge in [0.1, 0.15) is 11.5 Å². The lowest BCUT2D eigenvalue weighted by molar-refractivity contribution is 0.0947. The summed E-state index contributed by atoms with van der Waals surface area (Å²) < 4.78 is 15.0. The highest BCUT2D eigenvalue weighted by Gasteiger charge is 2.10. The molecule has 4 aromatic rings. The predicted octanol–water partition coefficient (Wildman–Crippen LogP) is 3.42. The summed E-state index contributed by atoms with van der Waals surface area (Å²) in [6.45, 7) is 0.357. The van der Waals surface area contributed by atoms with Gasteiger partial charge >= 0.3 is 0 Å². The minimum absolute atomic E-state index is 0.246. The number of amides is 1. The Balaban J connectivity index is 1.45. The van der Waals surface area contributed by atoms with Crippen LogP contribution in [-0.4, -0.2) is 20.7 Å². The van der Waals surface area contributed by atoms with Crippen molar-refractivity contribution in [3.8, 4) is 5.69 Å². The Morgan fingerprint density at radius 3 is 2.84 bits per heavy atom. The Morgan fingerprint density at radius 1 is 1.16 bits per heavy atom. The quantitative estimate of drug-likeness (QED) is 0.601. The summed E-state index contributed by atoms with van der Waals surface area (Å²) in [4.78, 5) is 15.3. The van der Waals surface area contributed by atoms with Gasteiger partial charge in [0.25, 0.3) is 5.91 Å². The molecule has 0 aliphatic carbocycles. The SMILES string of the molecule is O=C(NCc1cnn(-c2ccccc2)c1)c1cc2cc(F)ccc2[nH]1. The highest BCUT2D eigenvalue weighted by molar-refractivity contribution is 5.97. The van der Waals surface area contributed by atoms with Crippen molar-refractivity contribution >= 4 is 16.8 Å². The number of aromatic nitrogens is 3. The Morgan fingerprint density at radius 2 is 2.00 bits per heavy atom. The molecule has 0 aliphatic rings. The van der Waals surface area contributed by atoms with Gasteiger partial charge < -0.3 is 10.3 Å². The molecule has 1 amide bonds. The standard InChI is InChI=1S/C19H15FN4O/c20-15-6-7-17-14(8-15)9-18(23-17)19(25)21-10-13-11-22-24(12-13)16-4-2-1-3-5-16/h1-9,11-12,23H,10H2,(H,21,25). The number of carbonyl (C=O) groups is 1. The molecule has 6 heteroatoms. The molecule has 4 rings (SSSR count). The minimum atomic E-state index is -0.327. The van der Waals surface area contributed by atoms with Gasteiger partial charge in [-0.15, -0.1) is 0 Å². The molecule has 2 heterocycles. The van der Waals surface area contributed by atoms with E-state index < -0.39 is 0 Å². The summed E-state index contributed by atoms with van der Waals surface area (Å²) in [6, 6.07) is 15.8. The number of hydrogen-bond acceptors (Lipinski definition) is 2. The summed E-state index contributed by atoms with van der Waals surface area (Å²) in [5.41, 5.74) is 2.97. The second kappa shape index (κ2) is 6.24. The fourth-order valence-electron chi connectivity index (χ4n) is 2.68. The Kier molecular flexibility index (Phi) is 3.78. The van der Waals surface area contributed by atoms with Gasteiger partial charge in [-0.05, 0) is 36.4 Å². The molecule has 0 bridgehead atoms. The number of hydrogen-bond donors (Lipinski definition) is 2. The van der Waals surface area contributed by atoms with Crippen LogP contribution < -0.4 is 5.32 Å². The summed E-state index contributed by atoms with van der Waals surface area (Å²) in [5, 5.41) is 7.80. The number of rotatable bonds is 4. The molecule has 0 saturated carbocycles. The monoisotopic (exact) mass is 334 g/mol. The molecule has 0 saturated heterocycles. The van der Waals surface area contributed by atoms with Crippen molar-refractivity contribution in [2.45, 2.75) is 6.54 Å². The van der Waals surface area contributed by atoms with Gasteiger partial charge in [0.15, 0.2) is 0 Å². The summed E-state index contributed by atoms with van der Waals surface area (Å²) in [5.74, 6) is -0.573. The third-order valence-corrected chi connectivity index (χ3v) is 3.94. The maximum atomic E-state index is 13.2. The van der Waals surface area contributed by atoms with E-state index in [1.807, 2.05) is 36.5 Å². The average Bonchev–Trinajstić information content (AvgIpc) is 3.27. The van der Waals surface area contributed by atoms with Crippen LogP contribution in [0.15, 0.2) is 67.0 Å². The number of carbonyl (C=O) groups excluding carboxylic acids is 1. The first kappa shape index (κ1) is 15.1. The molecule has 0 unspecified atom stereocenters. The lowest BCUT2D eigenvalue weighted by Gasteiger charge is -2.01.